The highest BCUT2D eigenvalue weighted by Gasteiger charge is 2.47. The number of anilines is 1. The lowest BCUT2D eigenvalue weighted by Gasteiger charge is -2.27. The van der Waals surface area contributed by atoms with E-state index in [0.29, 0.717) is 17.1 Å². The van der Waals surface area contributed by atoms with Gasteiger partial charge in [0, 0.05) is 11.6 Å². The number of hydrogen-bond donors (Lipinski definition) is 0. The predicted molar refractivity (Wildman–Crippen MR) is 122 cm³/mol. The van der Waals surface area contributed by atoms with Crippen LogP contribution in [0, 0.1) is 0 Å². The van der Waals surface area contributed by atoms with Crippen molar-refractivity contribution < 1.29 is 18.0 Å². The van der Waals surface area contributed by atoms with Crippen molar-refractivity contribution in [1.29, 1.82) is 0 Å². The highest BCUT2D eigenvalue weighted by atomic mass is 35.5. The number of rotatable bonds is 7. The number of halogens is 1. The van der Waals surface area contributed by atoms with E-state index >= 15 is 0 Å². The maximum absolute atomic E-state index is 13.4. The van der Waals surface area contributed by atoms with Gasteiger partial charge in [-0.05, 0) is 67.8 Å². The molecule has 1 unspecified atom stereocenters. The summed E-state index contributed by atoms with van der Waals surface area (Å²) in [6.45, 7) is 0.171. The van der Waals surface area contributed by atoms with Gasteiger partial charge in [-0.15, -0.1) is 11.3 Å². The number of imide groups is 1. The number of carbonyl (C=O) groups excluding carboxylic acids is 2. The SMILES string of the molecule is O=C1CC(N(CCC2=CCCCC2)S(=O)(=O)c2cccs2)C(=O)N1c1ccc(Cl)cc1. The molecule has 0 radical (unpaired) electrons. The number of amides is 2. The van der Waals surface area contributed by atoms with Crippen LogP contribution in [0.15, 0.2) is 57.6 Å². The largest absolute Gasteiger partial charge is 0.274 e. The third kappa shape index (κ3) is 4.62. The Hall–Kier alpha value is -2.00. The molecule has 2 aromatic rings. The number of carbonyl (C=O) groups is 2. The Morgan fingerprint density at radius 3 is 2.55 bits per heavy atom. The molecule has 2 amide bonds. The Morgan fingerprint density at radius 2 is 1.90 bits per heavy atom. The second-order valence-corrected chi connectivity index (χ2v) is 11.2. The summed E-state index contributed by atoms with van der Waals surface area (Å²) in [5.41, 5.74) is 1.61. The predicted octanol–water partition coefficient (Wildman–Crippen LogP) is 4.61. The molecule has 1 aliphatic heterocycles. The second-order valence-electron chi connectivity index (χ2n) is 7.67. The highest BCUT2D eigenvalue weighted by Crippen LogP contribution is 2.32. The molecule has 164 valence electrons. The number of allylic oxidation sites excluding steroid dienone is 1. The van der Waals surface area contributed by atoms with Gasteiger partial charge in [-0.3, -0.25) is 9.59 Å². The van der Waals surface area contributed by atoms with Crippen LogP contribution in [0.1, 0.15) is 38.5 Å². The van der Waals surface area contributed by atoms with Crippen LogP contribution in [0.3, 0.4) is 0 Å². The smallest absolute Gasteiger partial charge is 0.253 e. The lowest BCUT2D eigenvalue weighted by atomic mass is 9.97. The molecule has 0 bridgehead atoms. The third-order valence-electron chi connectivity index (χ3n) is 5.65. The van der Waals surface area contributed by atoms with Gasteiger partial charge in [0.15, 0.2) is 0 Å². The van der Waals surface area contributed by atoms with Crippen molar-refractivity contribution in [1.82, 2.24) is 4.31 Å². The van der Waals surface area contributed by atoms with Gasteiger partial charge in [-0.25, -0.2) is 13.3 Å². The fourth-order valence-corrected chi connectivity index (χ4v) is 6.88. The van der Waals surface area contributed by atoms with Crippen LogP contribution < -0.4 is 4.90 Å². The second kappa shape index (κ2) is 9.24. The minimum Gasteiger partial charge on any atom is -0.274 e. The van der Waals surface area contributed by atoms with E-state index in [4.69, 9.17) is 11.6 Å². The standard InChI is InChI=1S/C22H23ClN2O4S2/c23-17-8-10-18(11-9-17)25-20(26)15-19(22(25)27)24(13-12-16-5-2-1-3-6-16)31(28,29)21-7-4-14-30-21/h4-5,7-11,14,19H,1-3,6,12-13,15H2. The number of hydrogen-bond acceptors (Lipinski definition) is 5. The summed E-state index contributed by atoms with van der Waals surface area (Å²) in [6, 6.07) is 8.52. The average molecular weight is 479 g/mol. The van der Waals surface area contributed by atoms with Crippen LogP contribution >= 0.6 is 22.9 Å². The normalized spacial score (nSPS) is 19.9. The van der Waals surface area contributed by atoms with Crippen molar-refractivity contribution in [2.24, 2.45) is 0 Å². The van der Waals surface area contributed by atoms with Gasteiger partial charge in [0.05, 0.1) is 12.1 Å². The minimum atomic E-state index is -3.91. The molecular formula is C22H23ClN2O4S2. The first-order valence-electron chi connectivity index (χ1n) is 10.2. The molecule has 0 saturated carbocycles. The van der Waals surface area contributed by atoms with Crippen molar-refractivity contribution in [3.8, 4) is 0 Å². The Labute approximate surface area is 191 Å². The molecule has 1 saturated heterocycles. The molecule has 1 fully saturated rings. The van der Waals surface area contributed by atoms with Crippen LogP contribution in [0.25, 0.3) is 0 Å². The topological polar surface area (TPSA) is 74.8 Å². The number of benzene rings is 1. The zero-order chi connectivity index (χ0) is 22.0. The number of nitrogens with zero attached hydrogens (tertiary/aromatic N) is 2. The van der Waals surface area contributed by atoms with Crippen LogP contribution in [-0.2, 0) is 19.6 Å². The molecule has 4 rings (SSSR count). The molecule has 9 heteroatoms. The van der Waals surface area contributed by atoms with Gasteiger partial charge in [-0.2, -0.15) is 4.31 Å². The Balaban J connectivity index is 1.64. The van der Waals surface area contributed by atoms with Gasteiger partial charge in [0.2, 0.25) is 5.91 Å². The van der Waals surface area contributed by atoms with Crippen molar-refractivity contribution in [2.75, 3.05) is 11.4 Å². The number of sulfonamides is 1. The van der Waals surface area contributed by atoms with Crippen molar-refractivity contribution in [3.05, 3.63) is 58.5 Å². The quantitative estimate of drug-likeness (QED) is 0.430. The van der Waals surface area contributed by atoms with E-state index in [9.17, 15) is 18.0 Å². The van der Waals surface area contributed by atoms with Crippen LogP contribution in [-0.4, -0.2) is 37.1 Å². The molecule has 1 atom stereocenters. The highest BCUT2D eigenvalue weighted by molar-refractivity contribution is 7.91. The fourth-order valence-electron chi connectivity index (χ4n) is 4.06. The first-order valence-corrected chi connectivity index (χ1v) is 12.9. The summed E-state index contributed by atoms with van der Waals surface area (Å²) in [6.07, 6.45) is 6.73. The zero-order valence-corrected chi connectivity index (χ0v) is 19.3. The molecule has 6 nitrogen and oxygen atoms in total. The summed E-state index contributed by atoms with van der Waals surface area (Å²) < 4.78 is 28.2. The summed E-state index contributed by atoms with van der Waals surface area (Å²) in [4.78, 5) is 27.1. The average Bonchev–Trinajstić information content (AvgIpc) is 3.39. The van der Waals surface area contributed by atoms with Crippen molar-refractivity contribution in [2.45, 2.75) is 48.8 Å². The van der Waals surface area contributed by atoms with Gasteiger partial charge in [0.25, 0.3) is 15.9 Å². The third-order valence-corrected chi connectivity index (χ3v) is 9.18. The van der Waals surface area contributed by atoms with Crippen LogP contribution in [0.4, 0.5) is 5.69 Å². The van der Waals surface area contributed by atoms with Gasteiger partial charge in [0.1, 0.15) is 10.3 Å². The van der Waals surface area contributed by atoms with E-state index in [1.165, 1.54) is 15.9 Å². The summed E-state index contributed by atoms with van der Waals surface area (Å²) in [7, 11) is -3.91. The van der Waals surface area contributed by atoms with E-state index in [-0.39, 0.29) is 17.2 Å². The van der Waals surface area contributed by atoms with E-state index in [0.717, 1.165) is 41.9 Å². The molecule has 31 heavy (non-hydrogen) atoms. The van der Waals surface area contributed by atoms with E-state index in [2.05, 4.69) is 6.08 Å². The summed E-state index contributed by atoms with van der Waals surface area (Å²) in [5, 5.41) is 2.18. The minimum absolute atomic E-state index is 0.171. The Kier molecular flexibility index (Phi) is 6.62. The molecular weight excluding hydrogens is 456 g/mol. The Bertz CT molecular complexity index is 1100. The monoisotopic (exact) mass is 478 g/mol. The molecule has 1 aromatic heterocycles. The van der Waals surface area contributed by atoms with Crippen LogP contribution in [0.5, 0.6) is 0 Å². The summed E-state index contributed by atoms with van der Waals surface area (Å²) >= 11 is 7.03. The lowest BCUT2D eigenvalue weighted by Crippen LogP contribution is -2.45. The van der Waals surface area contributed by atoms with E-state index in [1.807, 2.05) is 0 Å². The Morgan fingerprint density at radius 1 is 1.13 bits per heavy atom. The maximum Gasteiger partial charge on any atom is 0.253 e. The zero-order valence-electron chi connectivity index (χ0n) is 16.9. The van der Waals surface area contributed by atoms with Gasteiger partial charge < -0.3 is 0 Å². The van der Waals surface area contributed by atoms with Crippen molar-refractivity contribution in [3.63, 3.8) is 0 Å². The first kappa shape index (κ1) is 22.2. The summed E-state index contributed by atoms with van der Waals surface area (Å²) in [5.74, 6) is -0.939. The molecule has 2 heterocycles. The van der Waals surface area contributed by atoms with E-state index < -0.39 is 27.9 Å². The molecule has 1 aromatic carbocycles. The van der Waals surface area contributed by atoms with E-state index in [1.54, 1.807) is 35.7 Å². The van der Waals surface area contributed by atoms with Gasteiger partial charge in [-0.1, -0.05) is 29.3 Å². The molecule has 2 aliphatic rings. The fraction of sp³-hybridized carbons (Fsp3) is 0.364. The first-order chi connectivity index (χ1) is 14.9. The molecule has 1 aliphatic carbocycles. The van der Waals surface area contributed by atoms with Gasteiger partial charge >= 0.3 is 0 Å². The van der Waals surface area contributed by atoms with Crippen LogP contribution in [0.2, 0.25) is 5.02 Å². The number of thiophene rings is 1. The molecule has 0 spiro atoms. The maximum atomic E-state index is 13.4. The lowest BCUT2D eigenvalue weighted by molar-refractivity contribution is -0.122. The van der Waals surface area contributed by atoms with Crippen molar-refractivity contribution >= 4 is 50.5 Å². The molecule has 0 N–H and O–H groups in total.